The largest absolute Gasteiger partial charge is 0.493 e. The summed E-state index contributed by atoms with van der Waals surface area (Å²) in [4.78, 5) is 0. The molecule has 102 valence electrons. The van der Waals surface area contributed by atoms with Gasteiger partial charge < -0.3 is 19.2 Å². The molecule has 0 aliphatic carbocycles. The molecular weight excluding hydrogens is 242 g/mol. The van der Waals surface area contributed by atoms with Crippen molar-refractivity contribution >= 4 is 0 Å². The molecule has 0 aliphatic heterocycles. The molecule has 1 N–H and O–H groups in total. The van der Waals surface area contributed by atoms with Crippen LogP contribution in [-0.4, -0.2) is 21.3 Å². The Kier molecular flexibility index (Phi) is 4.12. The van der Waals surface area contributed by atoms with Gasteiger partial charge in [0.1, 0.15) is 11.5 Å². The van der Waals surface area contributed by atoms with Gasteiger partial charge in [-0.3, -0.25) is 0 Å². The van der Waals surface area contributed by atoms with Gasteiger partial charge in [-0.1, -0.05) is 6.07 Å². The Morgan fingerprint density at radius 2 is 1.79 bits per heavy atom. The minimum atomic E-state index is -0.00601. The third-order valence-corrected chi connectivity index (χ3v) is 3.08. The lowest BCUT2D eigenvalue weighted by atomic mass is 10.0. The van der Waals surface area contributed by atoms with E-state index < -0.39 is 0 Å². The van der Waals surface area contributed by atoms with Crippen LogP contribution in [0.5, 0.6) is 11.5 Å². The number of ether oxygens (including phenoxy) is 2. The van der Waals surface area contributed by atoms with Crippen LogP contribution in [0.2, 0.25) is 0 Å². The number of benzene rings is 1. The van der Waals surface area contributed by atoms with Gasteiger partial charge in [0.15, 0.2) is 11.5 Å². The van der Waals surface area contributed by atoms with E-state index in [0.29, 0.717) is 5.75 Å². The van der Waals surface area contributed by atoms with E-state index in [2.05, 4.69) is 5.32 Å². The van der Waals surface area contributed by atoms with Crippen LogP contribution in [0.15, 0.2) is 34.7 Å². The third-order valence-electron chi connectivity index (χ3n) is 3.08. The highest BCUT2D eigenvalue weighted by Gasteiger charge is 2.17. The van der Waals surface area contributed by atoms with Crippen molar-refractivity contribution in [2.45, 2.75) is 13.0 Å². The Hall–Kier alpha value is -1.94. The van der Waals surface area contributed by atoms with Crippen molar-refractivity contribution in [2.24, 2.45) is 0 Å². The number of aryl methyl sites for hydroxylation is 1. The number of nitrogens with one attached hydrogen (secondary N) is 1. The number of rotatable bonds is 5. The fourth-order valence-electron chi connectivity index (χ4n) is 2.11. The Bertz CT molecular complexity index is 548. The van der Waals surface area contributed by atoms with Crippen molar-refractivity contribution in [3.8, 4) is 11.5 Å². The van der Waals surface area contributed by atoms with Gasteiger partial charge in [-0.25, -0.2) is 0 Å². The lowest BCUT2D eigenvalue weighted by Gasteiger charge is -2.16. The first-order valence-electron chi connectivity index (χ1n) is 6.15. The lowest BCUT2D eigenvalue weighted by molar-refractivity contribution is 0.353. The van der Waals surface area contributed by atoms with E-state index >= 15 is 0 Å². The number of methoxy groups -OCH3 is 2. The van der Waals surface area contributed by atoms with Crippen LogP contribution in [0.1, 0.15) is 23.1 Å². The normalized spacial score (nSPS) is 12.2. The SMILES string of the molecule is CNC(c1ccc(OC)c(OC)c1)c1ccc(C)o1. The maximum absolute atomic E-state index is 5.69. The molecule has 1 aromatic carbocycles. The number of furan rings is 1. The molecule has 0 saturated heterocycles. The molecule has 2 rings (SSSR count). The zero-order valence-electron chi connectivity index (χ0n) is 11.7. The molecule has 0 amide bonds. The Morgan fingerprint density at radius 1 is 1.05 bits per heavy atom. The van der Waals surface area contributed by atoms with E-state index in [1.807, 2.05) is 44.3 Å². The lowest BCUT2D eigenvalue weighted by Crippen LogP contribution is -2.17. The van der Waals surface area contributed by atoms with Crippen LogP contribution < -0.4 is 14.8 Å². The van der Waals surface area contributed by atoms with Gasteiger partial charge in [-0.05, 0) is 43.8 Å². The molecule has 19 heavy (non-hydrogen) atoms. The zero-order valence-corrected chi connectivity index (χ0v) is 11.7. The second-order valence-electron chi connectivity index (χ2n) is 4.28. The first kappa shape index (κ1) is 13.5. The molecule has 0 fully saturated rings. The van der Waals surface area contributed by atoms with E-state index in [0.717, 1.165) is 22.8 Å². The summed E-state index contributed by atoms with van der Waals surface area (Å²) in [7, 11) is 5.16. The Balaban J connectivity index is 2.38. The molecular formula is C15H19NO3. The first-order chi connectivity index (χ1) is 9.19. The van der Waals surface area contributed by atoms with E-state index in [-0.39, 0.29) is 6.04 Å². The van der Waals surface area contributed by atoms with Crippen molar-refractivity contribution in [1.82, 2.24) is 5.32 Å². The molecule has 1 aromatic heterocycles. The summed E-state index contributed by atoms with van der Waals surface area (Å²) in [6.45, 7) is 1.94. The van der Waals surface area contributed by atoms with Crippen LogP contribution in [0, 0.1) is 6.92 Å². The molecule has 4 heteroatoms. The summed E-state index contributed by atoms with van der Waals surface area (Å²) >= 11 is 0. The van der Waals surface area contributed by atoms with E-state index in [1.54, 1.807) is 14.2 Å². The van der Waals surface area contributed by atoms with Gasteiger partial charge in [0.05, 0.1) is 20.3 Å². The smallest absolute Gasteiger partial charge is 0.161 e. The monoisotopic (exact) mass is 261 g/mol. The first-order valence-corrected chi connectivity index (χ1v) is 6.15. The zero-order chi connectivity index (χ0) is 13.8. The average Bonchev–Trinajstić information content (AvgIpc) is 2.86. The van der Waals surface area contributed by atoms with Crippen LogP contribution >= 0.6 is 0 Å². The standard InChI is InChI=1S/C15H19NO3/c1-10-5-7-13(19-10)15(16-2)11-6-8-12(17-3)14(9-11)18-4/h5-9,15-16H,1-4H3. The summed E-state index contributed by atoms with van der Waals surface area (Å²) in [5, 5.41) is 3.25. The fraction of sp³-hybridized carbons (Fsp3) is 0.333. The number of hydrogen-bond acceptors (Lipinski definition) is 4. The van der Waals surface area contributed by atoms with Crippen molar-refractivity contribution in [2.75, 3.05) is 21.3 Å². The quantitative estimate of drug-likeness (QED) is 0.898. The molecule has 1 heterocycles. The average molecular weight is 261 g/mol. The van der Waals surface area contributed by atoms with Crippen LogP contribution in [0.3, 0.4) is 0 Å². The van der Waals surface area contributed by atoms with Gasteiger partial charge in [0, 0.05) is 0 Å². The van der Waals surface area contributed by atoms with Crippen molar-refractivity contribution < 1.29 is 13.9 Å². The molecule has 0 radical (unpaired) electrons. The molecule has 4 nitrogen and oxygen atoms in total. The predicted molar refractivity (Wildman–Crippen MR) is 73.9 cm³/mol. The highest BCUT2D eigenvalue weighted by Crippen LogP contribution is 2.32. The molecule has 1 unspecified atom stereocenters. The summed E-state index contributed by atoms with van der Waals surface area (Å²) in [6.07, 6.45) is 0. The fourth-order valence-corrected chi connectivity index (χ4v) is 2.11. The Labute approximate surface area is 113 Å². The molecule has 0 aliphatic rings. The summed E-state index contributed by atoms with van der Waals surface area (Å²) in [6, 6.07) is 9.79. The van der Waals surface area contributed by atoms with Gasteiger partial charge in [-0.2, -0.15) is 0 Å². The van der Waals surface area contributed by atoms with Crippen molar-refractivity contribution in [1.29, 1.82) is 0 Å². The maximum Gasteiger partial charge on any atom is 0.161 e. The molecule has 0 bridgehead atoms. The molecule has 2 aromatic rings. The number of hydrogen-bond donors (Lipinski definition) is 1. The highest BCUT2D eigenvalue weighted by atomic mass is 16.5. The van der Waals surface area contributed by atoms with Crippen LogP contribution in [0.25, 0.3) is 0 Å². The van der Waals surface area contributed by atoms with Gasteiger partial charge in [-0.15, -0.1) is 0 Å². The van der Waals surface area contributed by atoms with Gasteiger partial charge >= 0.3 is 0 Å². The van der Waals surface area contributed by atoms with Crippen molar-refractivity contribution in [3.63, 3.8) is 0 Å². The Morgan fingerprint density at radius 3 is 2.32 bits per heavy atom. The van der Waals surface area contributed by atoms with E-state index in [4.69, 9.17) is 13.9 Å². The molecule has 1 atom stereocenters. The summed E-state index contributed by atoms with van der Waals surface area (Å²) < 4.78 is 16.3. The second-order valence-corrected chi connectivity index (χ2v) is 4.28. The molecule has 0 spiro atoms. The topological polar surface area (TPSA) is 43.6 Å². The second kappa shape index (κ2) is 5.80. The predicted octanol–water partition coefficient (Wildman–Crippen LogP) is 2.91. The maximum atomic E-state index is 5.69. The third kappa shape index (κ3) is 2.74. The van der Waals surface area contributed by atoms with Crippen LogP contribution in [0.4, 0.5) is 0 Å². The van der Waals surface area contributed by atoms with Gasteiger partial charge in [0.2, 0.25) is 0 Å². The highest BCUT2D eigenvalue weighted by molar-refractivity contribution is 5.45. The van der Waals surface area contributed by atoms with E-state index in [9.17, 15) is 0 Å². The minimum Gasteiger partial charge on any atom is -0.493 e. The van der Waals surface area contributed by atoms with Gasteiger partial charge in [0.25, 0.3) is 0 Å². The molecule has 0 saturated carbocycles. The summed E-state index contributed by atoms with van der Waals surface area (Å²) in [5.41, 5.74) is 1.06. The summed E-state index contributed by atoms with van der Waals surface area (Å²) in [5.74, 6) is 3.21. The minimum absolute atomic E-state index is 0.00601. The van der Waals surface area contributed by atoms with Crippen LogP contribution in [-0.2, 0) is 0 Å². The van der Waals surface area contributed by atoms with Crippen molar-refractivity contribution in [3.05, 3.63) is 47.4 Å². The van der Waals surface area contributed by atoms with E-state index in [1.165, 1.54) is 0 Å².